The van der Waals surface area contributed by atoms with Crippen LogP contribution in [0.3, 0.4) is 0 Å². The molecule has 0 unspecified atom stereocenters. The summed E-state index contributed by atoms with van der Waals surface area (Å²) in [5, 5.41) is 16.1. The second-order valence-electron chi connectivity index (χ2n) is 9.51. The fourth-order valence-electron chi connectivity index (χ4n) is 5.94. The molecule has 4 aliphatic carbocycles. The molecule has 2 aromatic carbocycles. The Hall–Kier alpha value is -4.01. The molecular weight excluding hydrogens is 450 g/mol. The summed E-state index contributed by atoms with van der Waals surface area (Å²) in [7, 11) is 1.52. The lowest BCUT2D eigenvalue weighted by molar-refractivity contribution is -0.384. The van der Waals surface area contributed by atoms with E-state index in [1.54, 1.807) is 30.3 Å². The summed E-state index contributed by atoms with van der Waals surface area (Å²) in [5.74, 6) is 1.44. The van der Waals surface area contributed by atoms with E-state index < -0.39 is 4.92 Å². The van der Waals surface area contributed by atoms with E-state index in [1.807, 2.05) is 0 Å². The molecule has 0 N–H and O–H groups in total. The Bertz CT molecular complexity index is 1250. The number of amides is 2. The van der Waals surface area contributed by atoms with Crippen molar-refractivity contribution >= 4 is 23.7 Å². The van der Waals surface area contributed by atoms with Crippen LogP contribution in [0.15, 0.2) is 59.7 Å². The largest absolute Gasteiger partial charge is 0.493 e. The van der Waals surface area contributed by atoms with Crippen molar-refractivity contribution < 1.29 is 24.0 Å². The smallest absolute Gasteiger partial charge is 0.269 e. The number of carbonyl (C=O) groups excluding carboxylic acids is 2. The van der Waals surface area contributed by atoms with Crippen LogP contribution in [0.4, 0.5) is 5.69 Å². The first-order valence-corrected chi connectivity index (χ1v) is 11.6. The van der Waals surface area contributed by atoms with Gasteiger partial charge in [0.2, 0.25) is 0 Å². The first-order chi connectivity index (χ1) is 17.0. The summed E-state index contributed by atoms with van der Waals surface area (Å²) >= 11 is 0. The number of nitrogens with zero attached hydrogens (tertiary/aromatic N) is 3. The summed E-state index contributed by atoms with van der Waals surface area (Å²) in [6.07, 6.45) is 6.89. The Kier molecular flexibility index (Phi) is 4.94. The zero-order valence-corrected chi connectivity index (χ0v) is 18.9. The van der Waals surface area contributed by atoms with E-state index in [-0.39, 0.29) is 47.8 Å². The minimum atomic E-state index is -0.450. The standard InChI is InChI=1S/C26H23N3O6/c1-34-22-10-15(4-9-21(22)35-13-14-2-5-16(6-3-14)29(32)33)12-27-28-25(30)23-17-7-8-18(20-11-19(17)20)24(23)26(28)31/h2-10,12,17-20,23-24H,11,13H2,1H3/b27-12-/t17-,18-,19-,20-,23-,24+/m0/s1. The van der Waals surface area contributed by atoms with Crippen LogP contribution < -0.4 is 9.47 Å². The molecule has 178 valence electrons. The molecular formula is C26H23N3O6. The van der Waals surface area contributed by atoms with Gasteiger partial charge in [-0.15, -0.1) is 0 Å². The van der Waals surface area contributed by atoms with E-state index in [0.717, 1.165) is 17.0 Å². The molecule has 9 heteroatoms. The number of hydrogen-bond acceptors (Lipinski definition) is 7. The van der Waals surface area contributed by atoms with Crippen LogP contribution >= 0.6 is 0 Å². The highest BCUT2D eigenvalue weighted by Crippen LogP contribution is 2.65. The molecule has 3 fully saturated rings. The normalized spacial score (nSPS) is 29.9. The lowest BCUT2D eigenvalue weighted by Gasteiger charge is -2.37. The van der Waals surface area contributed by atoms with Gasteiger partial charge in [-0.2, -0.15) is 10.1 Å². The number of carbonyl (C=O) groups is 2. The second kappa shape index (κ2) is 8.04. The third-order valence-corrected chi connectivity index (χ3v) is 7.69. The molecule has 0 spiro atoms. The topological polar surface area (TPSA) is 111 Å². The molecule has 2 saturated carbocycles. The predicted octanol–water partition coefficient (Wildman–Crippen LogP) is 3.57. The third-order valence-electron chi connectivity index (χ3n) is 7.69. The van der Waals surface area contributed by atoms with Crippen LogP contribution in [0.1, 0.15) is 17.5 Å². The van der Waals surface area contributed by atoms with E-state index in [1.165, 1.54) is 25.5 Å². The molecule has 1 heterocycles. The average Bonchev–Trinajstić information content (AvgIpc) is 3.66. The predicted molar refractivity (Wildman–Crippen MR) is 125 cm³/mol. The zero-order chi connectivity index (χ0) is 24.3. The highest BCUT2D eigenvalue weighted by Gasteiger charge is 2.67. The number of nitro groups is 1. The van der Waals surface area contributed by atoms with Crippen LogP contribution in [0.5, 0.6) is 11.5 Å². The van der Waals surface area contributed by atoms with Crippen molar-refractivity contribution in [2.24, 2.45) is 40.6 Å². The van der Waals surface area contributed by atoms with Gasteiger partial charge in [0.15, 0.2) is 11.5 Å². The lowest BCUT2D eigenvalue weighted by Crippen LogP contribution is -2.40. The summed E-state index contributed by atoms with van der Waals surface area (Å²) < 4.78 is 11.3. The molecule has 1 aliphatic heterocycles. The highest BCUT2D eigenvalue weighted by molar-refractivity contribution is 6.06. The summed E-state index contributed by atoms with van der Waals surface area (Å²) in [4.78, 5) is 36.5. The molecule has 2 amide bonds. The van der Waals surface area contributed by atoms with E-state index >= 15 is 0 Å². The number of imide groups is 1. The van der Waals surface area contributed by atoms with Crippen LogP contribution in [0.2, 0.25) is 0 Å². The Morgan fingerprint density at radius 1 is 1.03 bits per heavy atom. The molecule has 5 aliphatic rings. The molecule has 2 bridgehead atoms. The van der Waals surface area contributed by atoms with Crippen LogP contribution in [0.25, 0.3) is 0 Å². The van der Waals surface area contributed by atoms with Gasteiger partial charge in [-0.1, -0.05) is 12.2 Å². The van der Waals surface area contributed by atoms with Crippen LogP contribution in [-0.4, -0.2) is 35.1 Å². The van der Waals surface area contributed by atoms with Crippen LogP contribution in [0, 0.1) is 45.6 Å². The van der Waals surface area contributed by atoms with Gasteiger partial charge < -0.3 is 9.47 Å². The molecule has 2 aromatic rings. The van der Waals surface area contributed by atoms with Gasteiger partial charge in [-0.25, -0.2) is 0 Å². The Balaban J connectivity index is 1.15. The fourth-order valence-corrected chi connectivity index (χ4v) is 5.94. The monoisotopic (exact) mass is 473 g/mol. The summed E-state index contributed by atoms with van der Waals surface area (Å²) in [5.41, 5.74) is 1.45. The van der Waals surface area contributed by atoms with Gasteiger partial charge in [0.05, 0.1) is 30.1 Å². The number of benzene rings is 2. The minimum absolute atomic E-state index is 0.0184. The maximum atomic E-state index is 13.1. The quantitative estimate of drug-likeness (QED) is 0.200. The van der Waals surface area contributed by atoms with Gasteiger partial charge in [-0.05, 0) is 71.6 Å². The Morgan fingerprint density at radius 2 is 1.69 bits per heavy atom. The maximum Gasteiger partial charge on any atom is 0.269 e. The van der Waals surface area contributed by atoms with Crippen molar-refractivity contribution in [2.45, 2.75) is 13.0 Å². The summed E-state index contributed by atoms with van der Waals surface area (Å²) in [6.45, 7) is 0.208. The maximum absolute atomic E-state index is 13.1. The number of non-ortho nitro benzene ring substituents is 1. The Labute approximate surface area is 201 Å². The van der Waals surface area contributed by atoms with E-state index in [0.29, 0.717) is 28.9 Å². The van der Waals surface area contributed by atoms with Gasteiger partial charge >= 0.3 is 0 Å². The zero-order valence-electron chi connectivity index (χ0n) is 18.9. The van der Waals surface area contributed by atoms with Gasteiger partial charge in [-0.3, -0.25) is 19.7 Å². The fraction of sp³-hybridized carbons (Fsp3) is 0.346. The van der Waals surface area contributed by atoms with E-state index in [9.17, 15) is 19.7 Å². The van der Waals surface area contributed by atoms with Crippen molar-refractivity contribution in [3.63, 3.8) is 0 Å². The van der Waals surface area contributed by atoms with Gasteiger partial charge in [0.1, 0.15) is 6.61 Å². The minimum Gasteiger partial charge on any atom is -0.493 e. The van der Waals surface area contributed by atoms with Gasteiger partial charge in [0, 0.05) is 12.1 Å². The number of rotatable bonds is 7. The first kappa shape index (κ1) is 21.5. The highest BCUT2D eigenvalue weighted by atomic mass is 16.6. The van der Waals surface area contributed by atoms with Crippen molar-refractivity contribution in [3.05, 3.63) is 75.9 Å². The van der Waals surface area contributed by atoms with Crippen molar-refractivity contribution in [3.8, 4) is 11.5 Å². The Morgan fingerprint density at radius 3 is 2.29 bits per heavy atom. The lowest BCUT2D eigenvalue weighted by atomic mass is 9.63. The number of nitro benzene ring substituents is 1. The van der Waals surface area contributed by atoms with Crippen LogP contribution in [-0.2, 0) is 16.2 Å². The van der Waals surface area contributed by atoms with E-state index in [2.05, 4.69) is 17.3 Å². The number of methoxy groups -OCH3 is 1. The molecule has 6 atom stereocenters. The molecule has 0 aromatic heterocycles. The van der Waals surface area contributed by atoms with Crippen molar-refractivity contribution in [2.75, 3.05) is 7.11 Å². The molecule has 1 saturated heterocycles. The first-order valence-electron chi connectivity index (χ1n) is 11.6. The average molecular weight is 473 g/mol. The van der Waals surface area contributed by atoms with Crippen molar-refractivity contribution in [1.29, 1.82) is 0 Å². The van der Waals surface area contributed by atoms with Gasteiger partial charge in [0.25, 0.3) is 17.5 Å². The SMILES string of the molecule is COc1cc(/C=N\N2C(=O)[C@@H]3[C@H]4C=C[C@@H]([C@@H]5C[C@@H]45)[C@@H]3C2=O)ccc1OCc1ccc([N+](=O)[O-])cc1. The number of hydrogen-bond donors (Lipinski definition) is 0. The second-order valence-corrected chi connectivity index (χ2v) is 9.51. The van der Waals surface area contributed by atoms with Crippen molar-refractivity contribution in [1.82, 2.24) is 5.01 Å². The molecule has 9 nitrogen and oxygen atoms in total. The number of hydrazone groups is 1. The number of allylic oxidation sites excluding steroid dienone is 2. The van der Waals surface area contributed by atoms with E-state index in [4.69, 9.17) is 9.47 Å². The number of ether oxygens (including phenoxy) is 2. The molecule has 35 heavy (non-hydrogen) atoms. The molecule has 7 rings (SSSR count). The third kappa shape index (κ3) is 3.50. The summed E-state index contributed by atoms with van der Waals surface area (Å²) in [6, 6.07) is 11.3. The molecule has 0 radical (unpaired) electrons.